The summed E-state index contributed by atoms with van der Waals surface area (Å²) < 4.78 is 0. The van der Waals surface area contributed by atoms with Crippen LogP contribution in [0.5, 0.6) is 0 Å². The van der Waals surface area contributed by atoms with Crippen LogP contribution in [0.15, 0.2) is 109 Å². The molecular weight excluding hydrogens is 767 g/mol. The van der Waals surface area contributed by atoms with Gasteiger partial charge in [-0.15, -0.1) is 69.1 Å². The minimum atomic E-state index is -0.826. The van der Waals surface area contributed by atoms with E-state index in [4.69, 9.17) is 17.0 Å². The van der Waals surface area contributed by atoms with Gasteiger partial charge in [-0.2, -0.15) is 12.1 Å². The van der Waals surface area contributed by atoms with E-state index in [9.17, 15) is 0 Å². The summed E-state index contributed by atoms with van der Waals surface area (Å²) in [5, 5.41) is 5.56. The Morgan fingerprint density at radius 1 is 0.731 bits per heavy atom. The molecule has 4 heteroatoms. The van der Waals surface area contributed by atoms with Gasteiger partial charge in [-0.3, -0.25) is 0 Å². The van der Waals surface area contributed by atoms with Crippen LogP contribution in [0.3, 0.4) is 0 Å². The molecule has 272 valence electrons. The van der Waals surface area contributed by atoms with Crippen LogP contribution in [0.25, 0.3) is 43.8 Å². The predicted molar refractivity (Wildman–Crippen MR) is 232 cm³/mol. The van der Waals surface area contributed by atoms with E-state index in [-0.39, 0.29) is 5.41 Å². The molecule has 1 saturated carbocycles. The summed E-state index contributed by atoms with van der Waals surface area (Å²) in [5.41, 5.74) is 11.4. The summed E-state index contributed by atoms with van der Waals surface area (Å²) in [5.74, 6) is 1.41. The molecule has 6 aromatic carbocycles. The maximum absolute atomic E-state index is 4.93. The van der Waals surface area contributed by atoms with Gasteiger partial charge in [0, 0.05) is 9.52 Å². The van der Waals surface area contributed by atoms with Crippen LogP contribution in [0.4, 0.5) is 0 Å². The molecule has 1 fully saturated rings. The monoisotopic (exact) mass is 822 g/mol. The second-order valence-corrected chi connectivity index (χ2v) is 20.0. The molecule has 52 heavy (non-hydrogen) atoms. The fraction of sp³-hybridized carbons (Fsp3) is 0.375. The van der Waals surface area contributed by atoms with Gasteiger partial charge < -0.3 is 0 Å². The molecule has 7 rings (SSSR count). The van der Waals surface area contributed by atoms with Crippen molar-refractivity contribution in [1.82, 2.24) is 0 Å². The van der Waals surface area contributed by atoms with Crippen LogP contribution in [0, 0.1) is 0 Å². The molecule has 0 aromatic heterocycles. The van der Waals surface area contributed by atoms with Gasteiger partial charge in [0.1, 0.15) is 0 Å². The second kappa shape index (κ2) is 21.0. The second-order valence-electron chi connectivity index (χ2n) is 15.3. The Hall–Kier alpha value is -2.22. The van der Waals surface area contributed by atoms with E-state index in [1.165, 1.54) is 99.0 Å². The SMILES string of the molecule is CC(C)(C)c1ccc(-c2cccc3[cH-]c(C4CCCCC4)cc23)cc1.CCc1cc2c(-c3ccc(C(C)CC)cc3)cccc2[cH-]1.C[Si]C.[Cl][Zr+2][Cl]. The van der Waals surface area contributed by atoms with E-state index in [0.29, 0.717) is 5.92 Å². The number of rotatable bonds is 6. The Morgan fingerprint density at radius 3 is 1.73 bits per heavy atom. The molecule has 0 bridgehead atoms. The fourth-order valence-electron chi connectivity index (χ4n) is 7.31. The first-order valence-corrected chi connectivity index (χ1v) is 27.5. The topological polar surface area (TPSA) is 0 Å². The molecule has 0 heterocycles. The minimum absolute atomic E-state index is 0.207. The van der Waals surface area contributed by atoms with E-state index in [1.807, 2.05) is 0 Å². The normalized spacial score (nSPS) is 13.6. The zero-order valence-electron chi connectivity index (χ0n) is 32.8. The van der Waals surface area contributed by atoms with Crippen molar-refractivity contribution < 1.29 is 20.8 Å². The third kappa shape index (κ3) is 11.4. The first-order chi connectivity index (χ1) is 25.1. The van der Waals surface area contributed by atoms with E-state index < -0.39 is 20.8 Å². The van der Waals surface area contributed by atoms with Crippen molar-refractivity contribution in [2.75, 3.05) is 0 Å². The van der Waals surface area contributed by atoms with Crippen LogP contribution < -0.4 is 0 Å². The van der Waals surface area contributed by atoms with Gasteiger partial charge in [-0.05, 0) is 65.2 Å². The van der Waals surface area contributed by atoms with Crippen molar-refractivity contribution in [2.24, 2.45) is 0 Å². The Balaban J connectivity index is 0.000000205. The number of fused-ring (bicyclic) bond motifs is 2. The van der Waals surface area contributed by atoms with Crippen molar-refractivity contribution in [3.63, 3.8) is 0 Å². The molecule has 0 N–H and O–H groups in total. The summed E-state index contributed by atoms with van der Waals surface area (Å²) in [7, 11) is 11.0. The fourth-order valence-corrected chi connectivity index (χ4v) is 7.31. The van der Waals surface area contributed by atoms with Crippen molar-refractivity contribution in [2.45, 2.75) is 117 Å². The average Bonchev–Trinajstić information content (AvgIpc) is 3.80. The Bertz CT molecular complexity index is 1920. The van der Waals surface area contributed by atoms with Crippen molar-refractivity contribution in [3.05, 3.63) is 131 Å². The first kappa shape index (κ1) is 42.5. The van der Waals surface area contributed by atoms with Crippen LogP contribution in [0.1, 0.15) is 114 Å². The number of hydrogen-bond acceptors (Lipinski definition) is 0. The van der Waals surface area contributed by atoms with Crippen LogP contribution >= 0.6 is 17.0 Å². The van der Waals surface area contributed by atoms with Gasteiger partial charge in [0.05, 0.1) is 0 Å². The van der Waals surface area contributed by atoms with Crippen molar-refractivity contribution in [3.8, 4) is 22.3 Å². The molecule has 1 unspecified atom stereocenters. The van der Waals surface area contributed by atoms with Gasteiger partial charge in [0.25, 0.3) is 0 Å². The van der Waals surface area contributed by atoms with Gasteiger partial charge in [-0.25, -0.2) is 0 Å². The molecule has 1 aliphatic carbocycles. The van der Waals surface area contributed by atoms with Gasteiger partial charge >= 0.3 is 37.9 Å². The van der Waals surface area contributed by atoms with E-state index in [1.54, 1.807) is 5.56 Å². The summed E-state index contributed by atoms with van der Waals surface area (Å²) >= 11 is -0.826. The van der Waals surface area contributed by atoms with Crippen molar-refractivity contribution in [1.29, 1.82) is 0 Å². The molecule has 0 amide bonds. The number of benzene rings is 4. The Labute approximate surface area is 337 Å². The van der Waals surface area contributed by atoms with Crippen LogP contribution in [-0.4, -0.2) is 9.52 Å². The summed E-state index contributed by atoms with van der Waals surface area (Å²) in [6.07, 6.45) is 9.24. The van der Waals surface area contributed by atoms with Gasteiger partial charge in [0.2, 0.25) is 0 Å². The van der Waals surface area contributed by atoms with Gasteiger partial charge in [0.15, 0.2) is 0 Å². The Kier molecular flexibility index (Phi) is 17.2. The van der Waals surface area contributed by atoms with Crippen LogP contribution in [0.2, 0.25) is 13.1 Å². The molecule has 2 radical (unpaired) electrons. The van der Waals surface area contributed by atoms with Crippen molar-refractivity contribution >= 4 is 48.1 Å². The molecule has 0 nitrogen and oxygen atoms in total. The summed E-state index contributed by atoms with van der Waals surface area (Å²) in [6, 6.07) is 41.2. The summed E-state index contributed by atoms with van der Waals surface area (Å²) in [6.45, 7) is 17.9. The molecule has 0 aliphatic heterocycles. The third-order valence-corrected chi connectivity index (χ3v) is 10.5. The Morgan fingerprint density at radius 2 is 1.23 bits per heavy atom. The first-order valence-electron chi connectivity index (χ1n) is 19.2. The molecule has 6 aromatic rings. The van der Waals surface area contributed by atoms with Crippen LogP contribution in [-0.2, 0) is 32.7 Å². The molecule has 1 aliphatic rings. The van der Waals surface area contributed by atoms with E-state index >= 15 is 0 Å². The molecular formula is C48H58Cl2SiZr. The zero-order valence-corrected chi connectivity index (χ0v) is 37.7. The number of halogens is 2. The quantitative estimate of drug-likeness (QED) is 0.116. The number of hydrogen-bond donors (Lipinski definition) is 0. The maximum atomic E-state index is 4.93. The molecule has 0 spiro atoms. The van der Waals surface area contributed by atoms with E-state index in [0.717, 1.165) is 21.9 Å². The standard InChI is InChI=1S/C25H29.C21H23.C2H6Si.2ClH.Zr/c1-25(2,3)22-14-12-19(13-15-22)23-11-7-10-20-16-21(17-24(20)23)18-8-5-4-6-9-18;1-4-15(3)17-9-11-18(12-10-17)20-8-6-7-19-13-16(5-2)14-21(19)20;1-3-2;;;/h7,10-18H,4-6,8-9H2,1-3H3;6-15H,4-5H2,1-3H3;1-2H3;2*1H;/q2*-1;;;;+4/p-2. The molecule has 1 atom stereocenters. The number of aryl methyl sites for hydroxylation is 1. The zero-order chi connectivity index (χ0) is 37.7. The van der Waals surface area contributed by atoms with E-state index in [2.05, 4.69) is 164 Å². The third-order valence-electron chi connectivity index (χ3n) is 10.5. The molecule has 0 saturated heterocycles. The van der Waals surface area contributed by atoms with Gasteiger partial charge in [-0.1, -0.05) is 146 Å². The predicted octanol–water partition coefficient (Wildman–Crippen LogP) is 16.0. The summed E-state index contributed by atoms with van der Waals surface area (Å²) in [4.78, 5) is 0. The average molecular weight is 825 g/mol.